The number of carbonyl (C=O) groups excluding carboxylic acids is 2. The maximum absolute atomic E-state index is 12.3. The monoisotopic (exact) mass is 404 g/mol. The molecule has 3 rings (SSSR count). The Kier molecular flexibility index (Phi) is 6.90. The summed E-state index contributed by atoms with van der Waals surface area (Å²) in [6.07, 6.45) is 3.51. The van der Waals surface area contributed by atoms with Crippen molar-refractivity contribution in [3.05, 3.63) is 45.9 Å². The summed E-state index contributed by atoms with van der Waals surface area (Å²) in [6.45, 7) is 3.61. The molecule has 7 heteroatoms. The van der Waals surface area contributed by atoms with Crippen LogP contribution in [0.15, 0.2) is 34.5 Å². The zero-order valence-corrected chi connectivity index (χ0v) is 17.2. The summed E-state index contributed by atoms with van der Waals surface area (Å²) in [4.78, 5) is 29.9. The predicted molar refractivity (Wildman–Crippen MR) is 108 cm³/mol. The molecule has 1 saturated carbocycles. The Morgan fingerprint density at radius 2 is 2.00 bits per heavy atom. The van der Waals surface area contributed by atoms with Gasteiger partial charge in [0.25, 0.3) is 5.91 Å². The minimum Gasteiger partial charge on any atom is -0.449 e. The number of nitrogens with zero attached hydrogens (tertiary/aromatic N) is 1. The van der Waals surface area contributed by atoms with Gasteiger partial charge < -0.3 is 10.1 Å². The highest BCUT2D eigenvalue weighted by atomic mass is 32.2. The molecule has 0 bridgehead atoms. The van der Waals surface area contributed by atoms with Crippen LogP contribution in [-0.2, 0) is 15.3 Å². The first-order valence-corrected chi connectivity index (χ1v) is 11.0. The van der Waals surface area contributed by atoms with Gasteiger partial charge in [-0.3, -0.25) is 4.79 Å². The lowest BCUT2D eigenvalue weighted by Gasteiger charge is -2.17. The number of hydrogen-bond donors (Lipinski definition) is 1. The standard InChI is InChI=1S/C20H24N2O3S2/c1-13(19(23)22-16-5-3-4-6-16)25-20(24)15-7-9-18(10-8-15)27-12-17-11-26-14(2)21-17/h7-11,13,16H,3-6,12H2,1-2H3,(H,22,23). The van der Waals surface area contributed by atoms with Crippen LogP contribution in [0.4, 0.5) is 0 Å². The van der Waals surface area contributed by atoms with Crippen molar-refractivity contribution < 1.29 is 14.3 Å². The van der Waals surface area contributed by atoms with Crippen molar-refractivity contribution in [3.63, 3.8) is 0 Å². The predicted octanol–water partition coefficient (Wildman–Crippen LogP) is 4.35. The van der Waals surface area contributed by atoms with Crippen molar-refractivity contribution in [2.24, 2.45) is 0 Å². The smallest absolute Gasteiger partial charge is 0.338 e. The highest BCUT2D eigenvalue weighted by Crippen LogP contribution is 2.24. The summed E-state index contributed by atoms with van der Waals surface area (Å²) in [6, 6.07) is 7.47. The molecule has 0 radical (unpaired) electrons. The second kappa shape index (κ2) is 9.37. The third kappa shape index (κ3) is 5.81. The second-order valence-corrected chi connectivity index (χ2v) is 8.82. The lowest BCUT2D eigenvalue weighted by Crippen LogP contribution is -2.40. The van der Waals surface area contributed by atoms with E-state index in [1.54, 1.807) is 42.2 Å². The van der Waals surface area contributed by atoms with Crippen molar-refractivity contribution in [1.29, 1.82) is 0 Å². The molecule has 1 aromatic carbocycles. The molecule has 1 N–H and O–H groups in total. The van der Waals surface area contributed by atoms with E-state index >= 15 is 0 Å². The molecule has 1 unspecified atom stereocenters. The van der Waals surface area contributed by atoms with Gasteiger partial charge in [0.2, 0.25) is 0 Å². The van der Waals surface area contributed by atoms with E-state index in [9.17, 15) is 9.59 Å². The van der Waals surface area contributed by atoms with Gasteiger partial charge in [-0.1, -0.05) is 12.8 Å². The first kappa shape index (κ1) is 19.9. The molecule has 1 aliphatic carbocycles. The van der Waals surface area contributed by atoms with Crippen molar-refractivity contribution >= 4 is 35.0 Å². The molecule has 1 fully saturated rings. The summed E-state index contributed by atoms with van der Waals surface area (Å²) in [7, 11) is 0. The molecule has 144 valence electrons. The minimum atomic E-state index is -0.792. The highest BCUT2D eigenvalue weighted by Gasteiger charge is 2.23. The molecular formula is C20H24N2O3S2. The highest BCUT2D eigenvalue weighted by molar-refractivity contribution is 7.98. The van der Waals surface area contributed by atoms with Crippen LogP contribution >= 0.6 is 23.1 Å². The van der Waals surface area contributed by atoms with E-state index in [2.05, 4.69) is 15.7 Å². The Hall–Kier alpha value is -1.86. The fourth-order valence-electron chi connectivity index (χ4n) is 2.99. The number of amides is 1. The van der Waals surface area contributed by atoms with E-state index in [1.165, 1.54) is 0 Å². The van der Waals surface area contributed by atoms with E-state index in [0.717, 1.165) is 47.0 Å². The number of rotatable bonds is 7. The molecule has 0 saturated heterocycles. The van der Waals surface area contributed by atoms with Crippen LogP contribution in [0.25, 0.3) is 0 Å². The number of hydrogen-bond acceptors (Lipinski definition) is 6. The number of aromatic nitrogens is 1. The largest absolute Gasteiger partial charge is 0.449 e. The normalized spacial score (nSPS) is 15.5. The molecule has 1 aliphatic rings. The van der Waals surface area contributed by atoms with Gasteiger partial charge in [0, 0.05) is 22.1 Å². The first-order chi connectivity index (χ1) is 13.0. The average Bonchev–Trinajstić information content (AvgIpc) is 3.32. The van der Waals surface area contributed by atoms with Gasteiger partial charge in [0.05, 0.1) is 16.3 Å². The quantitative estimate of drug-likeness (QED) is 0.549. The molecule has 1 aromatic heterocycles. The molecule has 1 amide bonds. The number of aryl methyl sites for hydroxylation is 1. The van der Waals surface area contributed by atoms with Crippen molar-refractivity contribution in [1.82, 2.24) is 10.3 Å². The lowest BCUT2D eigenvalue weighted by atomic mass is 10.2. The molecule has 0 spiro atoms. The number of benzene rings is 1. The minimum absolute atomic E-state index is 0.219. The summed E-state index contributed by atoms with van der Waals surface area (Å²) < 4.78 is 5.31. The van der Waals surface area contributed by atoms with Crippen LogP contribution in [0.1, 0.15) is 53.7 Å². The lowest BCUT2D eigenvalue weighted by molar-refractivity contribution is -0.129. The van der Waals surface area contributed by atoms with Crippen LogP contribution in [0.5, 0.6) is 0 Å². The molecule has 1 atom stereocenters. The average molecular weight is 405 g/mol. The number of carbonyl (C=O) groups is 2. The summed E-state index contributed by atoms with van der Waals surface area (Å²) in [5.41, 5.74) is 1.51. The fourth-order valence-corrected chi connectivity index (χ4v) is 4.50. The van der Waals surface area contributed by atoms with Crippen molar-refractivity contribution in [2.75, 3.05) is 0 Å². The van der Waals surface area contributed by atoms with E-state index in [1.807, 2.05) is 19.1 Å². The molecule has 1 heterocycles. The number of esters is 1. The van der Waals surface area contributed by atoms with Gasteiger partial charge in [-0.25, -0.2) is 9.78 Å². The Morgan fingerprint density at radius 1 is 1.30 bits per heavy atom. The maximum Gasteiger partial charge on any atom is 0.338 e. The van der Waals surface area contributed by atoms with Gasteiger partial charge >= 0.3 is 5.97 Å². The Labute approximate surface area is 167 Å². The SMILES string of the molecule is Cc1nc(CSc2ccc(C(=O)OC(C)C(=O)NC3CCCC3)cc2)cs1. The van der Waals surface area contributed by atoms with Crippen LogP contribution in [0, 0.1) is 6.92 Å². The van der Waals surface area contributed by atoms with Crippen LogP contribution in [-0.4, -0.2) is 29.0 Å². The Balaban J connectivity index is 1.48. The van der Waals surface area contributed by atoms with Gasteiger partial charge in [-0.05, 0) is 51.0 Å². The van der Waals surface area contributed by atoms with Crippen LogP contribution in [0.3, 0.4) is 0 Å². The number of ether oxygens (including phenoxy) is 1. The fraction of sp³-hybridized carbons (Fsp3) is 0.450. The summed E-state index contributed by atoms with van der Waals surface area (Å²) in [5.74, 6) is 0.101. The maximum atomic E-state index is 12.3. The number of thiazole rings is 1. The third-order valence-electron chi connectivity index (χ3n) is 4.50. The van der Waals surface area contributed by atoms with E-state index in [0.29, 0.717) is 5.56 Å². The zero-order chi connectivity index (χ0) is 19.2. The van der Waals surface area contributed by atoms with Crippen molar-refractivity contribution in [3.8, 4) is 0 Å². The van der Waals surface area contributed by atoms with E-state index in [-0.39, 0.29) is 11.9 Å². The van der Waals surface area contributed by atoms with Crippen LogP contribution < -0.4 is 5.32 Å². The van der Waals surface area contributed by atoms with E-state index < -0.39 is 12.1 Å². The van der Waals surface area contributed by atoms with Gasteiger partial charge in [-0.2, -0.15) is 0 Å². The molecule has 27 heavy (non-hydrogen) atoms. The zero-order valence-electron chi connectivity index (χ0n) is 15.6. The molecule has 5 nitrogen and oxygen atoms in total. The first-order valence-electron chi connectivity index (χ1n) is 9.16. The Bertz CT molecular complexity index is 783. The number of nitrogens with one attached hydrogen (secondary N) is 1. The van der Waals surface area contributed by atoms with Crippen LogP contribution in [0.2, 0.25) is 0 Å². The summed E-state index contributed by atoms with van der Waals surface area (Å²) >= 11 is 3.32. The Morgan fingerprint density at radius 3 is 2.63 bits per heavy atom. The van der Waals surface area contributed by atoms with Crippen molar-refractivity contribution in [2.45, 2.75) is 62.3 Å². The topological polar surface area (TPSA) is 68.3 Å². The number of thioether (sulfide) groups is 1. The third-order valence-corrected chi connectivity index (χ3v) is 6.37. The summed E-state index contributed by atoms with van der Waals surface area (Å²) in [5, 5.41) is 6.08. The van der Waals surface area contributed by atoms with Gasteiger partial charge in [-0.15, -0.1) is 23.1 Å². The van der Waals surface area contributed by atoms with Gasteiger partial charge in [0.15, 0.2) is 6.10 Å². The molecule has 2 aromatic rings. The molecule has 0 aliphatic heterocycles. The second-order valence-electron chi connectivity index (χ2n) is 6.71. The van der Waals surface area contributed by atoms with Gasteiger partial charge in [0.1, 0.15) is 0 Å². The molecular weight excluding hydrogens is 380 g/mol. The van der Waals surface area contributed by atoms with E-state index in [4.69, 9.17) is 4.74 Å².